The second-order valence-electron chi connectivity index (χ2n) is 5.85. The van der Waals surface area contributed by atoms with Gasteiger partial charge in [0.1, 0.15) is 0 Å². The maximum absolute atomic E-state index is 10.5. The zero-order chi connectivity index (χ0) is 12.2. The molecule has 0 radical (unpaired) electrons. The lowest BCUT2D eigenvalue weighted by atomic mass is 9.87. The quantitative estimate of drug-likeness (QED) is 0.542. The lowest BCUT2D eigenvalue weighted by Gasteiger charge is -2.24. The van der Waals surface area contributed by atoms with E-state index < -0.39 is 0 Å². The van der Waals surface area contributed by atoms with Gasteiger partial charge in [-0.15, -0.1) is 0 Å². The van der Waals surface area contributed by atoms with Gasteiger partial charge < -0.3 is 9.80 Å². The third-order valence-electron chi connectivity index (χ3n) is 4.03. The van der Waals surface area contributed by atoms with E-state index >= 15 is 0 Å². The minimum atomic E-state index is 0.370. The molecule has 0 spiro atoms. The van der Waals surface area contributed by atoms with Crippen LogP contribution in [0.25, 0.3) is 0 Å². The van der Waals surface area contributed by atoms with Gasteiger partial charge in [0.15, 0.2) is 0 Å². The second kappa shape index (κ2) is 5.67. The number of nitrogens with one attached hydrogen (secondary N) is 1. The zero-order valence-corrected chi connectivity index (χ0v) is 11.2. The van der Waals surface area contributed by atoms with Gasteiger partial charge in [-0.2, -0.15) is 0 Å². The third-order valence-corrected chi connectivity index (χ3v) is 4.03. The van der Waals surface area contributed by atoms with Gasteiger partial charge in [-0.25, -0.2) is 0 Å². The molecule has 0 aromatic rings. The Morgan fingerprint density at radius 1 is 1.31 bits per heavy atom. The van der Waals surface area contributed by atoms with E-state index in [4.69, 9.17) is 0 Å². The Balaban J connectivity index is 2.54. The molecule has 1 fully saturated rings. The van der Waals surface area contributed by atoms with E-state index in [-0.39, 0.29) is 0 Å². The summed E-state index contributed by atoms with van der Waals surface area (Å²) in [5.74, 6) is 1.61. The van der Waals surface area contributed by atoms with Gasteiger partial charge in [-0.3, -0.25) is 4.79 Å². The van der Waals surface area contributed by atoms with Crippen molar-refractivity contribution in [2.24, 2.45) is 11.8 Å². The molecule has 3 nitrogen and oxygen atoms in total. The van der Waals surface area contributed by atoms with E-state index in [9.17, 15) is 4.79 Å². The average molecular weight is 227 g/mol. The predicted octanol–water partition coefficient (Wildman–Crippen LogP) is 1.63. The minimum absolute atomic E-state index is 0.370. The molecule has 1 saturated heterocycles. The van der Waals surface area contributed by atoms with Crippen LogP contribution < -0.4 is 5.32 Å². The molecule has 1 rings (SSSR count). The van der Waals surface area contributed by atoms with Crippen molar-refractivity contribution in [2.45, 2.75) is 39.2 Å². The summed E-state index contributed by atoms with van der Waals surface area (Å²) in [5.41, 5.74) is 0. The van der Waals surface area contributed by atoms with Crippen LogP contribution >= 0.6 is 0 Å². The van der Waals surface area contributed by atoms with E-state index in [1.807, 2.05) is 0 Å². The molecule has 16 heavy (non-hydrogen) atoms. The molecule has 1 heterocycles. The summed E-state index contributed by atoms with van der Waals surface area (Å²) >= 11 is 0. The first-order chi connectivity index (χ1) is 7.52. The van der Waals surface area contributed by atoms with E-state index in [0.29, 0.717) is 6.04 Å². The molecular formula is C13H27N2O+. The van der Waals surface area contributed by atoms with Crippen molar-refractivity contribution in [3.05, 3.63) is 0 Å². The van der Waals surface area contributed by atoms with Crippen molar-refractivity contribution < 1.29 is 9.28 Å². The minimum Gasteiger partial charge on any atom is -0.356 e. The van der Waals surface area contributed by atoms with Crippen LogP contribution in [0, 0.1) is 11.8 Å². The number of carbonyl (C=O) groups excluding carboxylic acids is 1. The summed E-state index contributed by atoms with van der Waals surface area (Å²) in [6, 6.07) is 0.370. The average Bonchev–Trinajstić information content (AvgIpc) is 2.52. The van der Waals surface area contributed by atoms with Gasteiger partial charge in [-0.05, 0) is 19.3 Å². The van der Waals surface area contributed by atoms with Crippen LogP contribution in [0.15, 0.2) is 0 Å². The van der Waals surface area contributed by atoms with Gasteiger partial charge in [-0.1, -0.05) is 13.8 Å². The number of likely N-dealkylation sites (tertiary alicyclic amines) is 1. The smallest absolute Gasteiger partial charge is 0.207 e. The van der Waals surface area contributed by atoms with Crippen molar-refractivity contribution in [3.8, 4) is 0 Å². The first-order valence-electron chi connectivity index (χ1n) is 6.54. The van der Waals surface area contributed by atoms with Crippen molar-refractivity contribution in [3.63, 3.8) is 0 Å². The van der Waals surface area contributed by atoms with Crippen molar-refractivity contribution >= 4 is 6.41 Å². The number of quaternary nitrogens is 1. The Hall–Kier alpha value is -0.570. The summed E-state index contributed by atoms with van der Waals surface area (Å²) in [6.07, 6.45) is 4.31. The Morgan fingerprint density at radius 3 is 2.44 bits per heavy atom. The molecule has 94 valence electrons. The largest absolute Gasteiger partial charge is 0.356 e. The van der Waals surface area contributed by atoms with Crippen molar-refractivity contribution in [1.82, 2.24) is 5.32 Å². The molecule has 0 aliphatic carbocycles. The van der Waals surface area contributed by atoms with Crippen LogP contribution in [0.4, 0.5) is 0 Å². The fourth-order valence-electron chi connectivity index (χ4n) is 3.19. The number of hydrogen-bond donors (Lipinski definition) is 1. The van der Waals surface area contributed by atoms with Crippen LogP contribution in [0.5, 0.6) is 0 Å². The van der Waals surface area contributed by atoms with Gasteiger partial charge in [0.25, 0.3) is 0 Å². The molecule has 1 N–H and O–H groups in total. The van der Waals surface area contributed by atoms with E-state index in [1.165, 1.54) is 19.5 Å². The van der Waals surface area contributed by atoms with Gasteiger partial charge in [0.2, 0.25) is 6.41 Å². The van der Waals surface area contributed by atoms with Gasteiger partial charge >= 0.3 is 0 Å². The van der Waals surface area contributed by atoms with Gasteiger partial charge in [0, 0.05) is 17.9 Å². The molecule has 1 aliphatic rings. The summed E-state index contributed by atoms with van der Waals surface area (Å²) in [6.45, 7) is 6.99. The molecule has 3 atom stereocenters. The zero-order valence-electron chi connectivity index (χ0n) is 11.2. The molecule has 3 unspecified atom stereocenters. The number of carbonyl (C=O) groups is 1. The highest BCUT2D eigenvalue weighted by molar-refractivity contribution is 5.46. The van der Waals surface area contributed by atoms with E-state index in [2.05, 4.69) is 33.3 Å². The normalized spacial score (nSPS) is 30.0. The standard InChI is InChI=1S/C13H26N2O/c1-5-11-8-15(3,4)9-12(11)7-13(6-2)14-10-16/h10-13H,5-9H2,1-4H3/p+1. The van der Waals surface area contributed by atoms with E-state index in [0.717, 1.165) is 35.6 Å². The number of hydrogen-bond acceptors (Lipinski definition) is 1. The van der Waals surface area contributed by atoms with Crippen LogP contribution in [-0.2, 0) is 4.79 Å². The number of nitrogens with zero attached hydrogens (tertiary/aromatic N) is 1. The summed E-state index contributed by atoms with van der Waals surface area (Å²) in [7, 11) is 4.63. The van der Waals surface area contributed by atoms with Crippen LogP contribution in [-0.4, -0.2) is 44.1 Å². The Bertz CT molecular complexity index is 228. The van der Waals surface area contributed by atoms with Crippen LogP contribution in [0.1, 0.15) is 33.1 Å². The van der Waals surface area contributed by atoms with Crippen molar-refractivity contribution in [2.75, 3.05) is 27.2 Å². The van der Waals surface area contributed by atoms with Gasteiger partial charge in [0.05, 0.1) is 27.2 Å². The lowest BCUT2D eigenvalue weighted by Crippen LogP contribution is -2.37. The monoisotopic (exact) mass is 227 g/mol. The molecule has 0 saturated carbocycles. The molecule has 3 heteroatoms. The highest BCUT2D eigenvalue weighted by Gasteiger charge is 2.39. The van der Waals surface area contributed by atoms with Crippen LogP contribution in [0.3, 0.4) is 0 Å². The molecule has 1 amide bonds. The third kappa shape index (κ3) is 3.48. The first-order valence-corrected chi connectivity index (χ1v) is 6.54. The van der Waals surface area contributed by atoms with Crippen LogP contribution in [0.2, 0.25) is 0 Å². The first kappa shape index (κ1) is 13.5. The summed E-state index contributed by atoms with van der Waals surface area (Å²) in [4.78, 5) is 10.5. The molecule has 0 bridgehead atoms. The Labute approximate surface area is 99.8 Å². The predicted molar refractivity (Wildman–Crippen MR) is 67.0 cm³/mol. The highest BCUT2D eigenvalue weighted by atomic mass is 16.1. The molecule has 0 aromatic heterocycles. The maximum atomic E-state index is 10.5. The molecule has 1 aliphatic heterocycles. The molecule has 0 aromatic carbocycles. The van der Waals surface area contributed by atoms with E-state index in [1.54, 1.807) is 0 Å². The summed E-state index contributed by atoms with van der Waals surface area (Å²) in [5, 5.41) is 2.94. The lowest BCUT2D eigenvalue weighted by molar-refractivity contribution is -0.880. The van der Waals surface area contributed by atoms with Crippen molar-refractivity contribution in [1.29, 1.82) is 0 Å². The second-order valence-corrected chi connectivity index (χ2v) is 5.85. The topological polar surface area (TPSA) is 29.1 Å². The number of rotatable bonds is 6. The summed E-state index contributed by atoms with van der Waals surface area (Å²) < 4.78 is 1.14. The SMILES string of the molecule is CCC(CC1C[N+](C)(C)CC1CC)NC=O. The molecular weight excluding hydrogens is 200 g/mol. The fraction of sp³-hybridized carbons (Fsp3) is 0.923. The Kier molecular flexibility index (Phi) is 4.78. The number of amides is 1. The Morgan fingerprint density at radius 2 is 1.94 bits per heavy atom. The highest BCUT2D eigenvalue weighted by Crippen LogP contribution is 2.32. The maximum Gasteiger partial charge on any atom is 0.207 e. The fourth-order valence-corrected chi connectivity index (χ4v) is 3.19.